The number of aryl methyl sites for hydroxylation is 1. The molecule has 8 nitrogen and oxygen atoms in total. The molecular weight excluding hydrogens is 460 g/mol. The molecule has 3 N–H and O–H groups in total. The largest absolute Gasteiger partial charge is 0.481 e. The lowest BCUT2D eigenvalue weighted by molar-refractivity contribution is -0.143. The fourth-order valence-electron chi connectivity index (χ4n) is 5.12. The van der Waals surface area contributed by atoms with Gasteiger partial charge in [-0.05, 0) is 61.7 Å². The Morgan fingerprint density at radius 1 is 1.14 bits per heavy atom. The molecule has 0 bridgehead atoms. The van der Waals surface area contributed by atoms with Crippen molar-refractivity contribution in [1.29, 1.82) is 0 Å². The van der Waals surface area contributed by atoms with Crippen molar-refractivity contribution in [2.24, 2.45) is 5.92 Å². The molecule has 0 radical (unpaired) electrons. The van der Waals surface area contributed by atoms with Gasteiger partial charge in [-0.2, -0.15) is 5.10 Å². The molecular formula is C26H24N6O2S. The third-order valence-electron chi connectivity index (χ3n) is 6.97. The van der Waals surface area contributed by atoms with Gasteiger partial charge in [0.1, 0.15) is 17.8 Å². The van der Waals surface area contributed by atoms with Crippen LogP contribution in [0.5, 0.6) is 0 Å². The summed E-state index contributed by atoms with van der Waals surface area (Å²) in [6.07, 6.45) is 4.18. The molecule has 0 saturated heterocycles. The van der Waals surface area contributed by atoms with Crippen molar-refractivity contribution in [3.05, 3.63) is 53.7 Å². The maximum absolute atomic E-state index is 11.4. The highest BCUT2D eigenvalue weighted by atomic mass is 32.1. The number of carboxylic acid groups (broad SMARTS) is 1. The zero-order valence-corrected chi connectivity index (χ0v) is 20.0. The van der Waals surface area contributed by atoms with Gasteiger partial charge in [-0.25, -0.2) is 19.6 Å². The monoisotopic (exact) mass is 484 g/mol. The van der Waals surface area contributed by atoms with Crippen LogP contribution in [0.15, 0.2) is 48.1 Å². The summed E-state index contributed by atoms with van der Waals surface area (Å²) in [7, 11) is 0. The first-order valence-electron chi connectivity index (χ1n) is 11.7. The first-order chi connectivity index (χ1) is 17.0. The van der Waals surface area contributed by atoms with Gasteiger partial charge in [-0.3, -0.25) is 4.79 Å². The SMILES string of the molecule is Cc1cc(-c2cccs2)nc2cc(-c3nn(C4CCC(C(=O)O)CC4)c4ncnc(N)c34)ccc12. The summed E-state index contributed by atoms with van der Waals surface area (Å²) < 4.78 is 1.92. The van der Waals surface area contributed by atoms with E-state index in [1.165, 1.54) is 11.9 Å². The summed E-state index contributed by atoms with van der Waals surface area (Å²) in [6, 6.07) is 12.5. The molecule has 5 aromatic rings. The van der Waals surface area contributed by atoms with Crippen LogP contribution in [0.2, 0.25) is 0 Å². The van der Waals surface area contributed by atoms with Crippen LogP contribution < -0.4 is 5.73 Å². The van der Waals surface area contributed by atoms with Gasteiger partial charge in [0.25, 0.3) is 0 Å². The average Bonchev–Trinajstić information content (AvgIpc) is 3.53. The summed E-state index contributed by atoms with van der Waals surface area (Å²) in [5, 5.41) is 18.2. The van der Waals surface area contributed by atoms with Crippen LogP contribution in [-0.4, -0.2) is 35.8 Å². The molecule has 35 heavy (non-hydrogen) atoms. The highest BCUT2D eigenvalue weighted by Crippen LogP contribution is 2.38. The molecule has 0 amide bonds. The van der Waals surface area contributed by atoms with Gasteiger partial charge in [-0.1, -0.05) is 18.2 Å². The van der Waals surface area contributed by atoms with Crippen molar-refractivity contribution < 1.29 is 9.90 Å². The van der Waals surface area contributed by atoms with E-state index in [9.17, 15) is 9.90 Å². The first-order valence-corrected chi connectivity index (χ1v) is 12.5. The summed E-state index contributed by atoms with van der Waals surface area (Å²) in [5.41, 5.74) is 11.6. The van der Waals surface area contributed by atoms with E-state index in [0.29, 0.717) is 24.3 Å². The van der Waals surface area contributed by atoms with E-state index in [4.69, 9.17) is 15.8 Å². The number of hydrogen-bond donors (Lipinski definition) is 2. The Morgan fingerprint density at radius 3 is 2.71 bits per heavy atom. The van der Waals surface area contributed by atoms with E-state index in [1.807, 2.05) is 16.8 Å². The van der Waals surface area contributed by atoms with Gasteiger partial charge in [0.15, 0.2) is 5.65 Å². The number of hydrogen-bond acceptors (Lipinski definition) is 7. The molecule has 1 fully saturated rings. The third kappa shape index (κ3) is 3.72. The number of benzene rings is 1. The maximum atomic E-state index is 11.4. The average molecular weight is 485 g/mol. The van der Waals surface area contributed by atoms with E-state index >= 15 is 0 Å². The predicted octanol–water partition coefficient (Wildman–Crippen LogP) is 5.48. The number of fused-ring (bicyclic) bond motifs is 2. The number of thiophene rings is 1. The predicted molar refractivity (Wildman–Crippen MR) is 137 cm³/mol. The summed E-state index contributed by atoms with van der Waals surface area (Å²) in [6.45, 7) is 2.10. The molecule has 176 valence electrons. The second-order valence-corrected chi connectivity index (χ2v) is 10.1. The lowest BCUT2D eigenvalue weighted by Gasteiger charge is -2.26. The number of nitrogens with two attached hydrogens (primary N) is 1. The van der Waals surface area contributed by atoms with Crippen LogP contribution in [-0.2, 0) is 4.79 Å². The molecule has 1 saturated carbocycles. The minimum absolute atomic E-state index is 0.0717. The van der Waals surface area contributed by atoms with Crippen LogP contribution in [0, 0.1) is 12.8 Å². The van der Waals surface area contributed by atoms with Crippen LogP contribution in [0.25, 0.3) is 43.8 Å². The van der Waals surface area contributed by atoms with Gasteiger partial charge in [-0.15, -0.1) is 11.3 Å². The second kappa shape index (κ2) is 8.42. The van der Waals surface area contributed by atoms with Gasteiger partial charge < -0.3 is 10.8 Å². The minimum atomic E-state index is -0.720. The number of carbonyl (C=O) groups is 1. The van der Waals surface area contributed by atoms with Crippen LogP contribution >= 0.6 is 11.3 Å². The molecule has 1 aliphatic carbocycles. The van der Waals surface area contributed by atoms with Gasteiger partial charge in [0.05, 0.1) is 33.4 Å². The topological polar surface area (TPSA) is 120 Å². The number of aromatic nitrogens is 5. The lowest BCUT2D eigenvalue weighted by Crippen LogP contribution is -2.24. The summed E-state index contributed by atoms with van der Waals surface area (Å²) in [4.78, 5) is 26.2. The van der Waals surface area contributed by atoms with Crippen molar-refractivity contribution in [2.75, 3.05) is 5.73 Å². The Morgan fingerprint density at radius 2 is 1.97 bits per heavy atom. The Balaban J connectivity index is 1.47. The number of anilines is 1. The minimum Gasteiger partial charge on any atom is -0.481 e. The normalized spacial score (nSPS) is 18.3. The van der Waals surface area contributed by atoms with Gasteiger partial charge in [0, 0.05) is 10.9 Å². The molecule has 0 aliphatic heterocycles. The van der Waals surface area contributed by atoms with Crippen LogP contribution in [0.1, 0.15) is 37.3 Å². The number of pyridine rings is 1. The van der Waals surface area contributed by atoms with E-state index in [0.717, 1.165) is 51.0 Å². The molecule has 0 unspecified atom stereocenters. The fraction of sp³-hybridized carbons (Fsp3) is 0.269. The standard InChI is InChI=1S/C26H24N6O2S/c1-14-11-20(21-3-2-10-35-21)30-19-12-16(6-9-18(14)19)23-22-24(27)28-13-29-25(22)32(31-23)17-7-4-15(5-8-17)26(33)34/h2-3,6,9-13,15,17H,4-5,7-8H2,1H3,(H,33,34)(H2,27,28,29). The quantitative estimate of drug-likeness (QED) is 0.347. The number of rotatable bonds is 4. The number of aliphatic carboxylic acids is 1. The molecule has 0 atom stereocenters. The maximum Gasteiger partial charge on any atom is 0.306 e. The Kier molecular flexibility index (Phi) is 5.21. The van der Waals surface area contributed by atoms with E-state index in [2.05, 4.69) is 46.5 Å². The van der Waals surface area contributed by atoms with Crippen molar-refractivity contribution in [3.8, 4) is 21.8 Å². The number of carboxylic acids is 1. The number of nitrogens with zero attached hydrogens (tertiary/aromatic N) is 5. The third-order valence-corrected chi connectivity index (χ3v) is 7.87. The number of nitrogen functional groups attached to an aromatic ring is 1. The lowest BCUT2D eigenvalue weighted by atomic mass is 9.86. The van der Waals surface area contributed by atoms with E-state index < -0.39 is 5.97 Å². The van der Waals surface area contributed by atoms with Crippen LogP contribution in [0.4, 0.5) is 5.82 Å². The molecule has 4 heterocycles. The van der Waals surface area contributed by atoms with Crippen molar-refractivity contribution >= 4 is 45.1 Å². The molecule has 1 aromatic carbocycles. The summed E-state index contributed by atoms with van der Waals surface area (Å²) in [5.74, 6) is -0.631. The summed E-state index contributed by atoms with van der Waals surface area (Å²) >= 11 is 1.67. The van der Waals surface area contributed by atoms with E-state index in [-0.39, 0.29) is 12.0 Å². The first kappa shape index (κ1) is 21.7. The molecule has 9 heteroatoms. The smallest absolute Gasteiger partial charge is 0.306 e. The van der Waals surface area contributed by atoms with Crippen molar-refractivity contribution in [1.82, 2.24) is 24.7 Å². The molecule has 1 aliphatic rings. The zero-order valence-electron chi connectivity index (χ0n) is 19.2. The van der Waals surface area contributed by atoms with Crippen molar-refractivity contribution in [3.63, 3.8) is 0 Å². The Hall–Kier alpha value is -3.85. The van der Waals surface area contributed by atoms with E-state index in [1.54, 1.807) is 11.3 Å². The highest BCUT2D eigenvalue weighted by Gasteiger charge is 2.29. The second-order valence-electron chi connectivity index (χ2n) is 9.13. The molecule has 4 aromatic heterocycles. The van der Waals surface area contributed by atoms with Crippen LogP contribution in [0.3, 0.4) is 0 Å². The van der Waals surface area contributed by atoms with Gasteiger partial charge >= 0.3 is 5.97 Å². The highest BCUT2D eigenvalue weighted by molar-refractivity contribution is 7.13. The van der Waals surface area contributed by atoms with Gasteiger partial charge in [0.2, 0.25) is 0 Å². The Bertz CT molecular complexity index is 1570. The fourth-order valence-corrected chi connectivity index (χ4v) is 5.81. The molecule has 6 rings (SSSR count). The zero-order chi connectivity index (χ0) is 24.1. The van der Waals surface area contributed by atoms with Crippen molar-refractivity contribution in [2.45, 2.75) is 38.6 Å². The molecule has 0 spiro atoms. The Labute approximate surface area is 205 Å².